The van der Waals surface area contributed by atoms with Gasteiger partial charge in [0.15, 0.2) is 5.65 Å². The van der Waals surface area contributed by atoms with Crippen molar-refractivity contribution in [3.63, 3.8) is 0 Å². The van der Waals surface area contributed by atoms with Crippen LogP contribution in [0.25, 0.3) is 72.6 Å². The topological polar surface area (TPSA) is 56.7 Å². The molecule has 0 fully saturated rings. The van der Waals surface area contributed by atoms with Gasteiger partial charge in [0.25, 0.3) is 0 Å². The number of furan rings is 1. The first kappa shape index (κ1) is 42.2. The average molecular weight is 996 g/mol. The fraction of sp³-hybridized carbons (Fsp3) is 0.241. The summed E-state index contributed by atoms with van der Waals surface area (Å²) in [6.07, 6.45) is 1.98. The van der Waals surface area contributed by atoms with Crippen molar-refractivity contribution < 1.29 is 25.9 Å². The molecule has 0 saturated carbocycles. The van der Waals surface area contributed by atoms with Crippen LogP contribution in [0.4, 0.5) is 0 Å². The zero-order chi connectivity index (χ0) is 43.2. The van der Waals surface area contributed by atoms with Crippen molar-refractivity contribution in [2.75, 3.05) is 0 Å². The molecular formula is C54H54IrN4OSi-2. The Morgan fingerprint density at radius 1 is 0.689 bits per heavy atom. The average Bonchev–Trinajstić information content (AvgIpc) is 3.81. The third kappa shape index (κ3) is 8.70. The first-order chi connectivity index (χ1) is 29.1. The van der Waals surface area contributed by atoms with E-state index in [-0.39, 0.29) is 31.9 Å². The molecule has 5 nitrogen and oxygen atoms in total. The number of rotatable bonds is 8. The predicted octanol–water partition coefficient (Wildman–Crippen LogP) is 14.2. The van der Waals surface area contributed by atoms with E-state index < -0.39 is 14.0 Å². The molecule has 0 atom stereocenters. The molecule has 9 rings (SSSR count). The Labute approximate surface area is 377 Å². The second-order valence-electron chi connectivity index (χ2n) is 17.6. The molecule has 0 aliphatic heterocycles. The normalized spacial score (nSPS) is 12.2. The van der Waals surface area contributed by atoms with Gasteiger partial charge in [0.1, 0.15) is 5.58 Å². The van der Waals surface area contributed by atoms with Crippen LogP contribution in [-0.4, -0.2) is 27.6 Å². The molecule has 0 unspecified atom stereocenters. The Bertz CT molecular complexity index is 2980. The molecule has 1 radical (unpaired) electrons. The maximum atomic E-state index is 8.44. The number of hydrogen-bond donors (Lipinski definition) is 0. The van der Waals surface area contributed by atoms with Crippen LogP contribution in [0.3, 0.4) is 0 Å². The van der Waals surface area contributed by atoms with Crippen molar-refractivity contribution in [1.29, 1.82) is 0 Å². The third-order valence-electron chi connectivity index (χ3n) is 11.2. The maximum absolute atomic E-state index is 8.44. The van der Waals surface area contributed by atoms with Gasteiger partial charge in [-0.3, -0.25) is 4.98 Å². The minimum absolute atomic E-state index is 0. The second kappa shape index (κ2) is 17.9. The van der Waals surface area contributed by atoms with Crippen LogP contribution in [0.1, 0.15) is 83.0 Å². The van der Waals surface area contributed by atoms with Crippen molar-refractivity contribution in [1.82, 2.24) is 19.5 Å². The largest absolute Gasteiger partial charge is 0.501 e. The van der Waals surface area contributed by atoms with Crippen LogP contribution in [-0.2, 0) is 20.1 Å². The summed E-state index contributed by atoms with van der Waals surface area (Å²) in [6, 6.07) is 48.3. The monoisotopic (exact) mass is 996 g/mol. The number of hydrogen-bond acceptors (Lipinski definition) is 4. The zero-order valence-electron chi connectivity index (χ0n) is 37.8. The van der Waals surface area contributed by atoms with Crippen molar-refractivity contribution in [2.24, 2.45) is 0 Å². The minimum atomic E-state index is -1.50. The number of aromatic nitrogens is 4. The third-order valence-corrected chi connectivity index (χ3v) is 13.2. The molecule has 0 spiro atoms. The number of pyridine rings is 2. The van der Waals surface area contributed by atoms with E-state index in [4.69, 9.17) is 15.8 Å². The van der Waals surface area contributed by atoms with Gasteiger partial charge in [-0.15, -0.1) is 54.1 Å². The van der Waals surface area contributed by atoms with Crippen LogP contribution in [0.5, 0.6) is 0 Å². The second-order valence-corrected chi connectivity index (χ2v) is 22.6. The molecular weight excluding hydrogens is 941 g/mol. The van der Waals surface area contributed by atoms with Gasteiger partial charge < -0.3 is 14.0 Å². The van der Waals surface area contributed by atoms with Gasteiger partial charge in [-0.2, -0.15) is 0 Å². The molecule has 0 aliphatic carbocycles. The molecule has 0 saturated heterocycles. The first-order valence-electron chi connectivity index (χ1n) is 21.5. The van der Waals surface area contributed by atoms with E-state index in [0.29, 0.717) is 0 Å². The van der Waals surface area contributed by atoms with Gasteiger partial charge in [0.05, 0.1) is 25.0 Å². The molecule has 0 aliphatic rings. The fourth-order valence-corrected chi connectivity index (χ4v) is 9.65. The Hall–Kier alpha value is -5.46. The summed E-state index contributed by atoms with van der Waals surface area (Å²) in [5.41, 5.74) is 14.2. The fourth-order valence-electron chi connectivity index (χ4n) is 8.07. The Morgan fingerprint density at radius 3 is 2.03 bits per heavy atom. The van der Waals surface area contributed by atoms with E-state index >= 15 is 0 Å². The van der Waals surface area contributed by atoms with Crippen molar-refractivity contribution in [3.8, 4) is 39.5 Å². The van der Waals surface area contributed by atoms with E-state index in [1.165, 1.54) is 27.4 Å². The molecule has 0 amide bonds. The van der Waals surface area contributed by atoms with E-state index in [1.54, 1.807) is 0 Å². The summed E-state index contributed by atoms with van der Waals surface area (Å²) >= 11 is 0. The smallest absolute Gasteiger partial charge is 0.155 e. The minimum Gasteiger partial charge on any atom is -0.501 e. The number of imidazole rings is 1. The number of nitrogens with zero attached hydrogens (tertiary/aromatic N) is 4. The Balaban J connectivity index is 0.000000233. The molecule has 61 heavy (non-hydrogen) atoms. The zero-order valence-corrected chi connectivity index (χ0v) is 40.2. The quantitative estimate of drug-likeness (QED) is 0.112. The van der Waals surface area contributed by atoms with Gasteiger partial charge in [-0.1, -0.05) is 132 Å². The number of benzene rings is 5. The van der Waals surface area contributed by atoms with Crippen LogP contribution < -0.4 is 5.19 Å². The Morgan fingerprint density at radius 2 is 1.38 bits per heavy atom. The molecule has 9 aromatic rings. The summed E-state index contributed by atoms with van der Waals surface area (Å²) in [7, 11) is -1.50. The van der Waals surface area contributed by atoms with Crippen LogP contribution in [0.2, 0.25) is 19.6 Å². The summed E-state index contributed by atoms with van der Waals surface area (Å²) in [6.45, 7) is 21.9. The summed E-state index contributed by atoms with van der Waals surface area (Å²) in [5.74, 6) is 0.723. The molecule has 4 aromatic heterocycles. The van der Waals surface area contributed by atoms with Crippen molar-refractivity contribution in [2.45, 2.75) is 85.8 Å². The molecule has 7 heteroatoms. The molecule has 0 N–H and O–H groups in total. The van der Waals surface area contributed by atoms with Gasteiger partial charge in [-0.25, -0.2) is 4.98 Å². The van der Waals surface area contributed by atoms with Crippen LogP contribution in [0, 0.1) is 19.1 Å². The predicted molar refractivity (Wildman–Crippen MR) is 254 cm³/mol. The summed E-state index contributed by atoms with van der Waals surface area (Å²) in [5, 5.41) is 3.43. The molecule has 0 bridgehead atoms. The number of aryl methyl sites for hydroxylation is 1. The Kier molecular flexibility index (Phi) is 12.4. The molecule has 4 heterocycles. The maximum Gasteiger partial charge on any atom is 0.155 e. The van der Waals surface area contributed by atoms with Crippen molar-refractivity contribution >= 4 is 46.4 Å². The summed E-state index contributed by atoms with van der Waals surface area (Å²) in [4.78, 5) is 14.9. The van der Waals surface area contributed by atoms with Gasteiger partial charge >= 0.3 is 0 Å². The van der Waals surface area contributed by atoms with Gasteiger partial charge in [0, 0.05) is 44.4 Å². The first-order valence-corrected chi connectivity index (χ1v) is 24.5. The molecule has 311 valence electrons. The SMILES string of the molecule is Cc1ccc2nc(-c3[c-]ccc4c3oc3ccccc34)n(-c3c(C(C)C)cc(-c4ccccc4)cc3C(C)C)c2n1.[2H]C(C)(C)c1cc(-c2[c-]cccc2)ncc1[Si](C)(C)C.[Ir]. The van der Waals surface area contributed by atoms with E-state index in [2.05, 4.69) is 136 Å². The van der Waals surface area contributed by atoms with Gasteiger partial charge in [0.2, 0.25) is 0 Å². The van der Waals surface area contributed by atoms with E-state index in [0.717, 1.165) is 72.7 Å². The van der Waals surface area contributed by atoms with Crippen molar-refractivity contribution in [3.05, 3.63) is 162 Å². The van der Waals surface area contributed by atoms with E-state index in [9.17, 15) is 0 Å². The van der Waals surface area contributed by atoms with Crippen LogP contribution >= 0.6 is 0 Å². The molecule has 5 aromatic carbocycles. The standard InChI is InChI=1S/C37H32N3O.C17H22NSi.Ir/c1-22(2)30-20-26(25-12-7-6-8-13-25)21-31(23(3)4)34(30)40-36(39-32-19-18-24(5)38-37(32)40)29-16-11-15-28-27-14-9-10-17-33(27)41-35(28)29;1-13(2)15-11-16(14-9-7-6-8-10-14)18-12-17(15)19(3,4)5;/h6-15,17-23H,1-5H3;6-9,11-13H,1-5H3;/q2*-1;/i;13D;. The summed E-state index contributed by atoms with van der Waals surface area (Å²) < 4.78 is 17.2. The number of fused-ring (bicyclic) bond motifs is 4. The van der Waals surface area contributed by atoms with Crippen LogP contribution in [0.15, 0.2) is 132 Å². The van der Waals surface area contributed by atoms with E-state index in [1.807, 2.05) is 81.6 Å². The number of para-hydroxylation sites is 1. The van der Waals surface area contributed by atoms with Gasteiger partial charge in [-0.05, 0) is 88.1 Å².